The third-order valence-corrected chi connectivity index (χ3v) is 19.1. The molecule has 8 aliphatic heterocycles. The number of carbonyl (C=O) groups is 7. The van der Waals surface area contributed by atoms with Crippen molar-refractivity contribution < 1.29 is 70.6 Å². The van der Waals surface area contributed by atoms with Crippen LogP contribution >= 0.6 is 69.8 Å². The number of ether oxygens (including phenoxy) is 6. The molecular weight excluding hydrogens is 1310 g/mol. The summed E-state index contributed by atoms with van der Waals surface area (Å²) in [4.78, 5) is 92.7. The maximum Gasteiger partial charge on any atom is 0.410 e. The molecule has 518 valence electrons. The normalized spacial score (nSPS) is 26.9. The third kappa shape index (κ3) is 32.1. The van der Waals surface area contributed by atoms with E-state index in [1.807, 2.05) is 54.2 Å². The molecule has 0 aromatic rings. The second kappa shape index (κ2) is 42.8. The van der Waals surface area contributed by atoms with Gasteiger partial charge in [-0.2, -0.15) is 11.8 Å². The van der Waals surface area contributed by atoms with Gasteiger partial charge in [-0.1, -0.05) is 27.7 Å². The van der Waals surface area contributed by atoms with E-state index >= 15 is 0 Å². The van der Waals surface area contributed by atoms with Crippen molar-refractivity contribution in [2.45, 2.75) is 110 Å². The quantitative estimate of drug-likeness (QED) is 0.260. The van der Waals surface area contributed by atoms with Crippen LogP contribution in [0.2, 0.25) is 0 Å². The molecule has 2 spiro atoms. The summed E-state index contributed by atoms with van der Waals surface area (Å²) in [6.45, 7) is 24.3. The maximum absolute atomic E-state index is 13.5. The van der Waals surface area contributed by atoms with Crippen molar-refractivity contribution in [2.24, 2.45) is 5.92 Å². The summed E-state index contributed by atoms with van der Waals surface area (Å²) in [5, 5.41) is 3.31. The summed E-state index contributed by atoms with van der Waals surface area (Å²) < 4.78 is 58.5. The zero-order valence-corrected chi connectivity index (χ0v) is 58.2. The van der Waals surface area contributed by atoms with Crippen molar-refractivity contribution in [3.05, 3.63) is 0 Å². The van der Waals surface area contributed by atoms with Gasteiger partial charge in [-0.3, -0.25) is 33.0 Å². The van der Waals surface area contributed by atoms with Gasteiger partial charge in [0.1, 0.15) is 51.9 Å². The second-order valence-corrected chi connectivity index (χ2v) is 29.4. The molecule has 5 unspecified atom stereocenters. The predicted molar refractivity (Wildman–Crippen MR) is 355 cm³/mol. The topological polar surface area (TPSA) is 227 Å². The molecular formula is C59H104Cl5FN8O14S2. The molecule has 8 fully saturated rings. The third-order valence-electron chi connectivity index (χ3n) is 15.0. The van der Waals surface area contributed by atoms with Crippen LogP contribution < -0.4 is 5.32 Å². The summed E-state index contributed by atoms with van der Waals surface area (Å²) in [7, 11) is -1.93. The minimum atomic E-state index is -1.93. The van der Waals surface area contributed by atoms with Crippen LogP contribution in [0.4, 0.5) is 9.18 Å². The molecule has 0 aliphatic carbocycles. The van der Waals surface area contributed by atoms with Crippen molar-refractivity contribution in [2.75, 3.05) is 210 Å². The molecule has 0 bridgehead atoms. The van der Waals surface area contributed by atoms with Crippen molar-refractivity contribution in [3.63, 3.8) is 0 Å². The Bertz CT molecular complexity index is 2260. The van der Waals surface area contributed by atoms with E-state index in [9.17, 15) is 42.2 Å². The number of hydrogen-bond acceptors (Lipinski definition) is 16. The molecule has 8 saturated heterocycles. The maximum atomic E-state index is 13.5. The monoisotopic (exact) mass is 1410 g/mol. The average Bonchev–Trinajstić information content (AvgIpc) is 3.71. The number of carbonyl (C=O) groups excluding carboxylic acids is 7. The fourth-order valence-electron chi connectivity index (χ4n) is 10.3. The molecule has 22 nitrogen and oxygen atoms in total. The number of likely N-dealkylation sites (tertiary alicyclic amines) is 1. The number of amides is 7. The Hall–Kier alpha value is -2.40. The molecule has 0 aromatic carbocycles. The zero-order chi connectivity index (χ0) is 65.4. The van der Waals surface area contributed by atoms with Crippen LogP contribution in [-0.4, -0.2) is 318 Å². The van der Waals surface area contributed by atoms with Gasteiger partial charge in [0, 0.05) is 102 Å². The average molecular weight is 1410 g/mol. The first-order valence-corrected chi connectivity index (χ1v) is 36.3. The highest BCUT2D eigenvalue weighted by Crippen LogP contribution is 2.25. The summed E-state index contributed by atoms with van der Waals surface area (Å²) in [6.07, 6.45) is 5.66. The molecule has 89 heavy (non-hydrogen) atoms. The van der Waals surface area contributed by atoms with Crippen LogP contribution in [0.5, 0.6) is 0 Å². The summed E-state index contributed by atoms with van der Waals surface area (Å²) in [5.41, 5.74) is -3.08. The molecule has 7 amide bonds. The highest BCUT2D eigenvalue weighted by molar-refractivity contribution is 8.00. The molecule has 8 heterocycles. The Morgan fingerprint density at radius 3 is 1.65 bits per heavy atom. The van der Waals surface area contributed by atoms with E-state index in [1.54, 1.807) is 14.7 Å². The number of hydrogen-bond donors (Lipinski definition) is 1. The first-order valence-electron chi connectivity index (χ1n) is 30.4. The summed E-state index contributed by atoms with van der Waals surface area (Å²) >= 11 is 29.3. The molecule has 30 heteroatoms. The number of alkyl halides is 6. The fourth-order valence-corrected chi connectivity index (χ4v) is 13.5. The van der Waals surface area contributed by atoms with Crippen molar-refractivity contribution in [1.82, 2.24) is 39.6 Å². The minimum absolute atomic E-state index is 0. The number of halogens is 6. The van der Waals surface area contributed by atoms with Gasteiger partial charge in [0.15, 0.2) is 0 Å². The van der Waals surface area contributed by atoms with Gasteiger partial charge in [0.25, 0.3) is 0 Å². The number of nitrogens with zero attached hydrogens (tertiary/aromatic N) is 7. The molecule has 0 aromatic heterocycles. The lowest BCUT2D eigenvalue weighted by atomic mass is 10.0. The minimum Gasteiger partial charge on any atom is -0.444 e. The number of rotatable bonds is 6. The van der Waals surface area contributed by atoms with Crippen LogP contribution in [0.3, 0.4) is 0 Å². The summed E-state index contributed by atoms with van der Waals surface area (Å²) in [5.74, 6) is 7.64. The lowest BCUT2D eigenvalue weighted by Crippen LogP contribution is -2.60. The van der Waals surface area contributed by atoms with E-state index in [1.165, 1.54) is 30.4 Å². The van der Waals surface area contributed by atoms with Crippen LogP contribution in [-0.2, 0) is 66.7 Å². The lowest BCUT2D eigenvalue weighted by molar-refractivity contribution is -0.148. The molecule has 8 aliphatic rings. The first kappa shape index (κ1) is 82.7. The molecule has 5 atom stereocenters. The van der Waals surface area contributed by atoms with Gasteiger partial charge in [-0.15, -0.1) is 58.0 Å². The van der Waals surface area contributed by atoms with E-state index in [2.05, 4.69) is 18.1 Å². The second-order valence-electron chi connectivity index (χ2n) is 24.1. The van der Waals surface area contributed by atoms with Gasteiger partial charge in [-0.25, -0.2) is 9.18 Å². The van der Waals surface area contributed by atoms with E-state index in [4.69, 9.17) is 86.4 Å². The molecule has 1 N–H and O–H groups in total. The van der Waals surface area contributed by atoms with E-state index in [-0.39, 0.29) is 97.1 Å². The molecule has 8 rings (SSSR count). The van der Waals surface area contributed by atoms with Crippen molar-refractivity contribution >= 4 is 127 Å². The SMILES string of the molecule is C.C=S1(=O)CCCN(C(=O)CCl)CC1.CC(C)(C)OC(=O)N1CCOC2(COCCN(C(=O)CCl)C2)C1.CC1(F)COCCN(C(=O)CCl)C1.CC1CCCCN(C(=O)CCl)C1.CCC(=O)N1CCOCC2(CNCCO2)C1.O=C(CCl)N1CCCSCC1. The van der Waals surface area contributed by atoms with Crippen molar-refractivity contribution in [1.29, 1.82) is 0 Å². The van der Waals surface area contributed by atoms with Crippen LogP contribution in [0, 0.1) is 5.92 Å². The number of thioether (sulfide) groups is 1. The van der Waals surface area contributed by atoms with Gasteiger partial charge >= 0.3 is 6.09 Å². The Kier molecular flexibility index (Phi) is 39.8. The van der Waals surface area contributed by atoms with Crippen LogP contribution in [0.15, 0.2) is 0 Å². The van der Waals surface area contributed by atoms with Crippen LogP contribution in [0.1, 0.15) is 87.5 Å². The first-order chi connectivity index (χ1) is 41.7. The zero-order valence-electron chi connectivity index (χ0n) is 52.8. The predicted octanol–water partition coefficient (Wildman–Crippen LogP) is 5.39. The Labute approximate surface area is 559 Å². The van der Waals surface area contributed by atoms with Crippen molar-refractivity contribution in [3.8, 4) is 0 Å². The highest BCUT2D eigenvalue weighted by atomic mass is 35.5. The Morgan fingerprint density at radius 2 is 1.08 bits per heavy atom. The summed E-state index contributed by atoms with van der Waals surface area (Å²) in [6, 6.07) is 0. The molecule has 0 saturated carbocycles. The van der Waals surface area contributed by atoms with E-state index in [0.717, 1.165) is 64.3 Å². The standard InChI is InChI=1S/C15H25ClN2O5.C11H20N2O3.C9H16ClNO.C8H13ClFNO2.C8H14ClNO2S.C7H12ClNOS.CH4/c1-14(2,3)23-13(20)18-5-7-22-15(10-18)9-17(12(19)8-16)4-6-21-11-15;1-2-10(14)13-4-6-15-9-11(8-13)7-12-3-5-16-11;1-8-4-2-3-5-11(7-8)9(12)6-10;1-8(10)5-11(7(12)4-9)2-3-13-6-8;1-13(12)5-2-3-10(4-6-13)8(11)7-9;8-6-7(10)9-2-1-4-11-5-3-9;/h4-11H2,1-3H3;12H,2-9H2,1H3;8H,2-7H2,1H3;2-6H2,1H3;1-7H2;1-6H2;1H4. The largest absolute Gasteiger partial charge is 0.444 e. The fraction of sp³-hybridized carbons (Fsp3) is 0.864. The van der Waals surface area contributed by atoms with E-state index in [0.29, 0.717) is 129 Å². The van der Waals surface area contributed by atoms with Gasteiger partial charge in [0.2, 0.25) is 35.4 Å². The highest BCUT2D eigenvalue weighted by Gasteiger charge is 2.44. The Balaban J connectivity index is 0.000000371. The van der Waals surface area contributed by atoms with Gasteiger partial charge in [-0.05, 0) is 80.4 Å². The lowest BCUT2D eigenvalue weighted by Gasteiger charge is -2.43. The van der Waals surface area contributed by atoms with Gasteiger partial charge < -0.3 is 68.0 Å². The van der Waals surface area contributed by atoms with Crippen LogP contribution in [0.25, 0.3) is 0 Å². The smallest absolute Gasteiger partial charge is 0.410 e. The van der Waals surface area contributed by atoms with Gasteiger partial charge in [0.05, 0.1) is 79.0 Å². The Morgan fingerprint density at radius 1 is 0.596 bits per heavy atom. The number of morpholine rings is 2. The van der Waals surface area contributed by atoms with E-state index < -0.39 is 26.4 Å². The number of nitrogens with one attached hydrogen (secondary N) is 1. The molecule has 0 radical (unpaired) electrons.